The van der Waals surface area contributed by atoms with E-state index in [2.05, 4.69) is 26.1 Å². The molecule has 2 heterocycles. The maximum Gasteiger partial charge on any atom is 0.252 e. The molecule has 1 aliphatic rings. The van der Waals surface area contributed by atoms with E-state index in [0.29, 0.717) is 10.8 Å². The van der Waals surface area contributed by atoms with Crippen LogP contribution in [-0.4, -0.2) is 37.9 Å². The van der Waals surface area contributed by atoms with Crippen LogP contribution in [0.5, 0.6) is 0 Å². The summed E-state index contributed by atoms with van der Waals surface area (Å²) < 4.78 is 28.1. The fourth-order valence-corrected chi connectivity index (χ4v) is 6.18. The summed E-state index contributed by atoms with van der Waals surface area (Å²) in [6.45, 7) is 7.71. The highest BCUT2D eigenvalue weighted by Gasteiger charge is 2.36. The van der Waals surface area contributed by atoms with Gasteiger partial charge in [-0.2, -0.15) is 4.31 Å². The number of aryl methyl sites for hydroxylation is 1. The zero-order chi connectivity index (χ0) is 15.5. The van der Waals surface area contributed by atoms with Crippen molar-refractivity contribution in [2.24, 2.45) is 0 Å². The summed E-state index contributed by atoms with van der Waals surface area (Å²) in [5, 5.41) is 3.38. The van der Waals surface area contributed by atoms with Gasteiger partial charge in [0.25, 0.3) is 10.0 Å². The lowest BCUT2D eigenvalue weighted by atomic mass is 9.99. The molecule has 1 aromatic rings. The van der Waals surface area contributed by atoms with Crippen LogP contribution in [0.1, 0.15) is 44.9 Å². The molecule has 0 aliphatic carbocycles. The van der Waals surface area contributed by atoms with Crippen molar-refractivity contribution in [1.82, 2.24) is 9.62 Å². The summed E-state index contributed by atoms with van der Waals surface area (Å²) in [7, 11) is -3.35. The maximum atomic E-state index is 12.9. The molecule has 120 valence electrons. The third-order valence-corrected chi connectivity index (χ3v) is 7.77. The second kappa shape index (κ2) is 7.22. The number of nitrogens with one attached hydrogen (secondary N) is 1. The van der Waals surface area contributed by atoms with Gasteiger partial charge in [0.15, 0.2) is 0 Å². The Labute approximate surface area is 132 Å². The molecule has 1 aromatic heterocycles. The predicted molar refractivity (Wildman–Crippen MR) is 88.4 cm³/mol. The quantitative estimate of drug-likeness (QED) is 0.872. The Balaban J connectivity index is 2.26. The first-order valence-electron chi connectivity index (χ1n) is 7.84. The van der Waals surface area contributed by atoms with Gasteiger partial charge >= 0.3 is 0 Å². The van der Waals surface area contributed by atoms with Crippen molar-refractivity contribution < 1.29 is 8.42 Å². The average Bonchev–Trinajstić information content (AvgIpc) is 2.97. The summed E-state index contributed by atoms with van der Waals surface area (Å²) >= 11 is 1.41. The number of hydrogen-bond donors (Lipinski definition) is 1. The van der Waals surface area contributed by atoms with Crippen LogP contribution >= 0.6 is 11.3 Å². The van der Waals surface area contributed by atoms with Crippen molar-refractivity contribution in [1.29, 1.82) is 0 Å². The standard InChI is InChI=1S/C15H26N2O2S2/c1-4-13-9-10-15(20-13)21(18,19)17-11-7-6-8-14(17)12(3)16-5-2/h9-10,12,14,16H,4-8,11H2,1-3H3. The molecule has 4 nitrogen and oxygen atoms in total. The highest BCUT2D eigenvalue weighted by Crippen LogP contribution is 2.31. The van der Waals surface area contributed by atoms with Crippen LogP contribution in [-0.2, 0) is 16.4 Å². The second-order valence-electron chi connectivity index (χ2n) is 5.60. The molecule has 1 saturated heterocycles. The molecule has 0 saturated carbocycles. The van der Waals surface area contributed by atoms with E-state index in [-0.39, 0.29) is 12.1 Å². The summed E-state index contributed by atoms with van der Waals surface area (Å²) in [4.78, 5) is 1.13. The lowest BCUT2D eigenvalue weighted by Crippen LogP contribution is -2.52. The Kier molecular flexibility index (Phi) is 5.82. The SMILES string of the molecule is CCNC(C)C1CCCCN1S(=O)(=O)c1ccc(CC)s1. The van der Waals surface area contributed by atoms with Gasteiger partial charge in [-0.3, -0.25) is 0 Å². The first kappa shape index (κ1) is 16.9. The van der Waals surface area contributed by atoms with Crippen LogP contribution in [0.15, 0.2) is 16.3 Å². The number of rotatable bonds is 6. The number of likely N-dealkylation sites (N-methyl/N-ethyl adjacent to an activating group) is 1. The molecule has 2 unspecified atom stereocenters. The fraction of sp³-hybridized carbons (Fsp3) is 0.733. The first-order chi connectivity index (χ1) is 10.0. The zero-order valence-corrected chi connectivity index (χ0v) is 14.8. The molecule has 0 aromatic carbocycles. The molecule has 21 heavy (non-hydrogen) atoms. The number of sulfonamides is 1. The van der Waals surface area contributed by atoms with Gasteiger partial charge in [-0.1, -0.05) is 20.3 Å². The molecule has 0 spiro atoms. The van der Waals surface area contributed by atoms with Gasteiger partial charge in [0.1, 0.15) is 4.21 Å². The van der Waals surface area contributed by atoms with Crippen LogP contribution in [0.3, 0.4) is 0 Å². The molecule has 0 radical (unpaired) electrons. The molecule has 0 bridgehead atoms. The van der Waals surface area contributed by atoms with E-state index in [1.54, 1.807) is 10.4 Å². The Bertz CT molecular complexity index is 554. The topological polar surface area (TPSA) is 49.4 Å². The molecule has 2 atom stereocenters. The van der Waals surface area contributed by atoms with Gasteiger partial charge in [0, 0.05) is 23.5 Å². The highest BCUT2D eigenvalue weighted by atomic mass is 32.2. The van der Waals surface area contributed by atoms with Crippen molar-refractivity contribution in [2.75, 3.05) is 13.1 Å². The third-order valence-electron chi connectivity index (χ3n) is 4.15. The van der Waals surface area contributed by atoms with E-state index < -0.39 is 10.0 Å². The van der Waals surface area contributed by atoms with Gasteiger partial charge in [-0.15, -0.1) is 11.3 Å². The van der Waals surface area contributed by atoms with E-state index in [9.17, 15) is 8.42 Å². The minimum absolute atomic E-state index is 0.0656. The number of nitrogens with zero attached hydrogens (tertiary/aromatic N) is 1. The maximum absolute atomic E-state index is 12.9. The summed E-state index contributed by atoms with van der Waals surface area (Å²) in [6, 6.07) is 3.96. The smallest absolute Gasteiger partial charge is 0.252 e. The van der Waals surface area contributed by atoms with Crippen molar-refractivity contribution in [3.63, 3.8) is 0 Å². The zero-order valence-electron chi connectivity index (χ0n) is 13.1. The van der Waals surface area contributed by atoms with E-state index in [1.807, 2.05) is 6.07 Å². The number of piperidine rings is 1. The normalized spacial score (nSPS) is 22.3. The minimum Gasteiger partial charge on any atom is -0.313 e. The molecule has 1 fully saturated rings. The number of hydrogen-bond acceptors (Lipinski definition) is 4. The Morgan fingerprint density at radius 1 is 1.38 bits per heavy atom. The van der Waals surface area contributed by atoms with Crippen LogP contribution in [0.25, 0.3) is 0 Å². The monoisotopic (exact) mass is 330 g/mol. The summed E-state index contributed by atoms with van der Waals surface area (Å²) in [5.41, 5.74) is 0. The Morgan fingerprint density at radius 2 is 2.14 bits per heavy atom. The molecule has 2 rings (SSSR count). The van der Waals surface area contributed by atoms with E-state index >= 15 is 0 Å². The van der Waals surface area contributed by atoms with Gasteiger partial charge in [0.2, 0.25) is 0 Å². The minimum atomic E-state index is -3.35. The highest BCUT2D eigenvalue weighted by molar-refractivity contribution is 7.91. The van der Waals surface area contributed by atoms with Gasteiger partial charge < -0.3 is 5.32 Å². The Hall–Kier alpha value is -0.430. The Morgan fingerprint density at radius 3 is 2.76 bits per heavy atom. The molecular formula is C15H26N2O2S2. The van der Waals surface area contributed by atoms with E-state index in [0.717, 1.165) is 37.1 Å². The van der Waals surface area contributed by atoms with Crippen LogP contribution in [0.2, 0.25) is 0 Å². The van der Waals surface area contributed by atoms with Crippen molar-refractivity contribution in [3.8, 4) is 0 Å². The van der Waals surface area contributed by atoms with Crippen LogP contribution in [0, 0.1) is 0 Å². The van der Waals surface area contributed by atoms with Crippen LogP contribution in [0.4, 0.5) is 0 Å². The third kappa shape index (κ3) is 3.67. The average molecular weight is 331 g/mol. The van der Waals surface area contributed by atoms with Gasteiger partial charge in [0.05, 0.1) is 0 Å². The van der Waals surface area contributed by atoms with Crippen LogP contribution < -0.4 is 5.32 Å². The van der Waals surface area contributed by atoms with E-state index in [1.165, 1.54) is 11.3 Å². The molecule has 0 amide bonds. The molecular weight excluding hydrogens is 304 g/mol. The van der Waals surface area contributed by atoms with Crippen molar-refractivity contribution in [3.05, 3.63) is 17.0 Å². The molecule has 6 heteroatoms. The predicted octanol–water partition coefficient (Wildman–Crippen LogP) is 2.85. The molecule has 1 N–H and O–H groups in total. The summed E-state index contributed by atoms with van der Waals surface area (Å²) in [6.07, 6.45) is 3.90. The second-order valence-corrected chi connectivity index (χ2v) is 8.89. The van der Waals surface area contributed by atoms with Gasteiger partial charge in [-0.25, -0.2) is 8.42 Å². The first-order valence-corrected chi connectivity index (χ1v) is 10.1. The lowest BCUT2D eigenvalue weighted by Gasteiger charge is -2.38. The lowest BCUT2D eigenvalue weighted by molar-refractivity contribution is 0.210. The largest absolute Gasteiger partial charge is 0.313 e. The van der Waals surface area contributed by atoms with E-state index in [4.69, 9.17) is 0 Å². The fourth-order valence-electron chi connectivity index (χ4n) is 2.99. The van der Waals surface area contributed by atoms with Crippen molar-refractivity contribution >= 4 is 21.4 Å². The number of thiophene rings is 1. The van der Waals surface area contributed by atoms with Crippen molar-refractivity contribution in [2.45, 2.75) is 62.7 Å². The van der Waals surface area contributed by atoms with Gasteiger partial charge in [-0.05, 0) is 44.9 Å². The molecule has 1 aliphatic heterocycles. The summed E-state index contributed by atoms with van der Waals surface area (Å²) in [5.74, 6) is 0.